The van der Waals surface area contributed by atoms with Crippen molar-refractivity contribution in [3.05, 3.63) is 71.3 Å². The summed E-state index contributed by atoms with van der Waals surface area (Å²) in [6, 6.07) is 17.9. The molecule has 142 valence electrons. The molecule has 2 aromatic carbocycles. The lowest BCUT2D eigenvalue weighted by atomic mass is 10.1. The third kappa shape index (κ3) is 4.66. The molecule has 0 aliphatic carbocycles. The number of unbranched alkanes of at least 4 members (excludes halogenated alkanes) is 1. The molecule has 0 unspecified atom stereocenters. The quantitative estimate of drug-likeness (QED) is 0.173. The van der Waals surface area contributed by atoms with Crippen molar-refractivity contribution < 1.29 is 4.74 Å². The van der Waals surface area contributed by atoms with E-state index in [4.69, 9.17) is 16.3 Å². The van der Waals surface area contributed by atoms with Crippen LogP contribution in [0, 0.1) is 0 Å². The van der Waals surface area contributed by atoms with Gasteiger partial charge in [0.1, 0.15) is 21.9 Å². The molecule has 0 bridgehead atoms. The lowest BCUT2D eigenvalue weighted by molar-refractivity contribution is 0.310. The molecule has 3 nitrogen and oxygen atoms in total. The molecule has 0 spiro atoms. The maximum atomic E-state index is 5.89. The van der Waals surface area contributed by atoms with E-state index in [0.717, 1.165) is 39.2 Å². The van der Waals surface area contributed by atoms with Crippen LogP contribution < -0.4 is 4.74 Å². The summed E-state index contributed by atoms with van der Waals surface area (Å²) in [6.45, 7) is 0.703. The van der Waals surface area contributed by atoms with E-state index in [2.05, 4.69) is 39.6 Å². The second kappa shape index (κ2) is 9.41. The topological polar surface area (TPSA) is 35.0 Å². The van der Waals surface area contributed by atoms with Gasteiger partial charge >= 0.3 is 0 Å². The summed E-state index contributed by atoms with van der Waals surface area (Å²) in [5.41, 5.74) is 2.43. The van der Waals surface area contributed by atoms with Crippen LogP contribution in [0.5, 0.6) is 5.75 Å². The fourth-order valence-corrected chi connectivity index (χ4v) is 5.00. The van der Waals surface area contributed by atoms with Crippen LogP contribution in [0.25, 0.3) is 21.3 Å². The molecule has 0 saturated carbocycles. The highest BCUT2D eigenvalue weighted by molar-refractivity contribution is 7.99. The Labute approximate surface area is 177 Å². The molecule has 0 radical (unpaired) electrons. The highest BCUT2D eigenvalue weighted by Crippen LogP contribution is 2.37. The van der Waals surface area contributed by atoms with Crippen molar-refractivity contribution in [2.24, 2.45) is 0 Å². The molecule has 0 fully saturated rings. The highest BCUT2D eigenvalue weighted by atomic mass is 35.5. The Morgan fingerprint density at radius 3 is 2.61 bits per heavy atom. The minimum absolute atomic E-state index is 0.703. The maximum Gasteiger partial charge on any atom is 0.128 e. The number of ether oxygens (including phenoxy) is 1. The Balaban J connectivity index is 1.35. The number of hydrogen-bond acceptors (Lipinski definition) is 5. The monoisotopic (exact) mass is 426 g/mol. The molecule has 0 N–H and O–H groups in total. The number of halogens is 1. The maximum absolute atomic E-state index is 5.89. The molecule has 6 heteroatoms. The second-order valence-electron chi connectivity index (χ2n) is 6.23. The standard InChI is InChI=1S/C22H19ClN2OS2/c23-17-8-10-18(11-9-17)26-12-4-5-13-27-21-20-19(16-6-2-1-3-7-16)14-28-22(20)25-15-24-21/h1-3,6-11,14-15H,4-5,12-13H2. The van der Waals surface area contributed by atoms with E-state index < -0.39 is 0 Å². The molecule has 2 heterocycles. The first-order valence-electron chi connectivity index (χ1n) is 9.10. The molecule has 0 aliphatic rings. The zero-order valence-electron chi connectivity index (χ0n) is 15.2. The van der Waals surface area contributed by atoms with Gasteiger partial charge in [-0.05, 0) is 48.4 Å². The smallest absolute Gasteiger partial charge is 0.128 e. The van der Waals surface area contributed by atoms with Crippen molar-refractivity contribution in [3.63, 3.8) is 0 Å². The van der Waals surface area contributed by atoms with E-state index in [1.54, 1.807) is 29.4 Å². The van der Waals surface area contributed by atoms with Crippen LogP contribution in [0.15, 0.2) is 71.3 Å². The van der Waals surface area contributed by atoms with Crippen LogP contribution in [0.1, 0.15) is 12.8 Å². The number of thiophene rings is 1. The number of hydrogen-bond donors (Lipinski definition) is 0. The Hall–Kier alpha value is -2.08. The number of fused-ring (bicyclic) bond motifs is 1. The van der Waals surface area contributed by atoms with Gasteiger partial charge in [0.15, 0.2) is 0 Å². The van der Waals surface area contributed by atoms with E-state index in [0.29, 0.717) is 6.61 Å². The van der Waals surface area contributed by atoms with Gasteiger partial charge in [-0.1, -0.05) is 41.9 Å². The van der Waals surface area contributed by atoms with Gasteiger partial charge in [0.2, 0.25) is 0 Å². The normalized spacial score (nSPS) is 11.0. The summed E-state index contributed by atoms with van der Waals surface area (Å²) in [4.78, 5) is 10.0. The van der Waals surface area contributed by atoms with Gasteiger partial charge in [-0.3, -0.25) is 0 Å². The first-order chi connectivity index (χ1) is 13.8. The minimum atomic E-state index is 0.703. The van der Waals surface area contributed by atoms with Gasteiger partial charge in [0, 0.05) is 16.0 Å². The molecular formula is C22H19ClN2OS2. The number of thioether (sulfide) groups is 1. The third-order valence-electron chi connectivity index (χ3n) is 4.28. The van der Waals surface area contributed by atoms with Gasteiger partial charge in [-0.15, -0.1) is 23.1 Å². The van der Waals surface area contributed by atoms with Crippen LogP contribution in [-0.2, 0) is 0 Å². The van der Waals surface area contributed by atoms with Gasteiger partial charge in [-0.25, -0.2) is 9.97 Å². The molecule has 0 saturated heterocycles. The fraction of sp³-hybridized carbons (Fsp3) is 0.182. The summed E-state index contributed by atoms with van der Waals surface area (Å²) in [5.74, 6) is 1.86. The van der Waals surface area contributed by atoms with Crippen molar-refractivity contribution in [2.75, 3.05) is 12.4 Å². The summed E-state index contributed by atoms with van der Waals surface area (Å²) < 4.78 is 5.76. The second-order valence-corrected chi connectivity index (χ2v) is 8.61. The Morgan fingerprint density at radius 1 is 0.964 bits per heavy atom. The highest BCUT2D eigenvalue weighted by Gasteiger charge is 2.13. The zero-order chi connectivity index (χ0) is 19.2. The van der Waals surface area contributed by atoms with Crippen molar-refractivity contribution in [3.8, 4) is 16.9 Å². The van der Waals surface area contributed by atoms with Crippen LogP contribution in [0.2, 0.25) is 5.02 Å². The zero-order valence-corrected chi connectivity index (χ0v) is 17.6. The molecule has 0 atom stereocenters. The average molecular weight is 427 g/mol. The first-order valence-corrected chi connectivity index (χ1v) is 11.3. The first kappa shape index (κ1) is 19.2. The summed E-state index contributed by atoms with van der Waals surface area (Å²) >= 11 is 9.36. The summed E-state index contributed by atoms with van der Waals surface area (Å²) in [7, 11) is 0. The Kier molecular flexibility index (Phi) is 6.47. The number of benzene rings is 2. The predicted molar refractivity (Wildman–Crippen MR) is 120 cm³/mol. The Bertz CT molecular complexity index is 1040. The number of nitrogens with zero attached hydrogens (tertiary/aromatic N) is 2. The molecular weight excluding hydrogens is 408 g/mol. The predicted octanol–water partition coefficient (Wildman–Crippen LogP) is 6.96. The molecule has 0 aliphatic heterocycles. The van der Waals surface area contributed by atoms with Crippen LogP contribution >= 0.6 is 34.7 Å². The van der Waals surface area contributed by atoms with E-state index in [9.17, 15) is 0 Å². The van der Waals surface area contributed by atoms with Gasteiger partial charge in [0.25, 0.3) is 0 Å². The number of rotatable bonds is 8. The van der Waals surface area contributed by atoms with Gasteiger partial charge in [0.05, 0.1) is 12.0 Å². The van der Waals surface area contributed by atoms with E-state index in [1.165, 1.54) is 16.5 Å². The lowest BCUT2D eigenvalue weighted by Gasteiger charge is -2.07. The van der Waals surface area contributed by atoms with E-state index in [1.807, 2.05) is 30.3 Å². The van der Waals surface area contributed by atoms with Crippen molar-refractivity contribution >= 4 is 44.9 Å². The minimum Gasteiger partial charge on any atom is -0.494 e. The average Bonchev–Trinajstić information content (AvgIpc) is 3.17. The van der Waals surface area contributed by atoms with Crippen LogP contribution in [0.4, 0.5) is 0 Å². The largest absolute Gasteiger partial charge is 0.494 e. The molecule has 0 amide bonds. The summed E-state index contributed by atoms with van der Waals surface area (Å²) in [5, 5.41) is 5.13. The van der Waals surface area contributed by atoms with Crippen molar-refractivity contribution in [1.82, 2.24) is 9.97 Å². The summed E-state index contributed by atoms with van der Waals surface area (Å²) in [6.07, 6.45) is 3.73. The Morgan fingerprint density at radius 2 is 1.79 bits per heavy atom. The van der Waals surface area contributed by atoms with Crippen LogP contribution in [0.3, 0.4) is 0 Å². The van der Waals surface area contributed by atoms with E-state index in [-0.39, 0.29) is 0 Å². The molecule has 4 aromatic rings. The van der Waals surface area contributed by atoms with Crippen LogP contribution in [-0.4, -0.2) is 22.3 Å². The van der Waals surface area contributed by atoms with Gasteiger partial charge in [-0.2, -0.15) is 0 Å². The van der Waals surface area contributed by atoms with Gasteiger partial charge < -0.3 is 4.74 Å². The third-order valence-corrected chi connectivity index (χ3v) is 6.49. The van der Waals surface area contributed by atoms with Crippen molar-refractivity contribution in [1.29, 1.82) is 0 Å². The van der Waals surface area contributed by atoms with Crippen molar-refractivity contribution in [2.45, 2.75) is 17.9 Å². The molecule has 28 heavy (non-hydrogen) atoms. The molecule has 2 aromatic heterocycles. The lowest BCUT2D eigenvalue weighted by Crippen LogP contribution is -1.98. The fourth-order valence-electron chi connectivity index (χ4n) is 2.88. The number of aromatic nitrogens is 2. The molecule has 4 rings (SSSR count). The SMILES string of the molecule is Clc1ccc(OCCCCSc2ncnc3scc(-c4ccccc4)c23)cc1. The van der Waals surface area contributed by atoms with E-state index >= 15 is 0 Å².